The SMILES string of the molecule is CN(C(=O)c1ccc(CN)o1)C1CCC1. The summed E-state index contributed by atoms with van der Waals surface area (Å²) in [5, 5.41) is 0. The summed E-state index contributed by atoms with van der Waals surface area (Å²) >= 11 is 0. The Bertz CT molecular complexity index is 355. The Morgan fingerprint density at radius 1 is 1.60 bits per heavy atom. The maximum atomic E-state index is 11.9. The van der Waals surface area contributed by atoms with Crippen LogP contribution in [0.5, 0.6) is 0 Å². The van der Waals surface area contributed by atoms with Crippen molar-refractivity contribution in [3.8, 4) is 0 Å². The van der Waals surface area contributed by atoms with E-state index in [0.29, 0.717) is 24.1 Å². The van der Waals surface area contributed by atoms with Gasteiger partial charge in [0.25, 0.3) is 5.91 Å². The fourth-order valence-electron chi connectivity index (χ4n) is 1.72. The van der Waals surface area contributed by atoms with E-state index in [4.69, 9.17) is 10.2 Å². The lowest BCUT2D eigenvalue weighted by molar-refractivity contribution is 0.0618. The zero-order valence-electron chi connectivity index (χ0n) is 8.90. The van der Waals surface area contributed by atoms with Crippen LogP contribution in [0.25, 0.3) is 0 Å². The molecule has 0 saturated heterocycles. The monoisotopic (exact) mass is 208 g/mol. The molecular weight excluding hydrogens is 192 g/mol. The van der Waals surface area contributed by atoms with Crippen LogP contribution >= 0.6 is 0 Å². The van der Waals surface area contributed by atoms with Crippen molar-refractivity contribution in [2.75, 3.05) is 7.05 Å². The quantitative estimate of drug-likeness (QED) is 0.816. The van der Waals surface area contributed by atoms with Gasteiger partial charge in [-0.2, -0.15) is 0 Å². The van der Waals surface area contributed by atoms with Crippen molar-refractivity contribution in [1.82, 2.24) is 4.90 Å². The van der Waals surface area contributed by atoms with Gasteiger partial charge in [-0.3, -0.25) is 4.79 Å². The van der Waals surface area contributed by atoms with Crippen LogP contribution < -0.4 is 5.73 Å². The molecule has 0 unspecified atom stereocenters. The molecule has 0 spiro atoms. The second-order valence-corrected chi connectivity index (χ2v) is 3.97. The third-order valence-electron chi connectivity index (χ3n) is 3.02. The average molecular weight is 208 g/mol. The molecule has 82 valence electrons. The lowest BCUT2D eigenvalue weighted by Crippen LogP contribution is -2.41. The molecule has 2 N–H and O–H groups in total. The molecule has 1 aromatic heterocycles. The highest BCUT2D eigenvalue weighted by atomic mass is 16.4. The highest BCUT2D eigenvalue weighted by Gasteiger charge is 2.27. The molecule has 1 heterocycles. The first-order valence-corrected chi connectivity index (χ1v) is 5.28. The number of nitrogens with two attached hydrogens (primary N) is 1. The van der Waals surface area contributed by atoms with Gasteiger partial charge < -0.3 is 15.1 Å². The summed E-state index contributed by atoms with van der Waals surface area (Å²) in [5.41, 5.74) is 5.42. The molecule has 0 atom stereocenters. The van der Waals surface area contributed by atoms with Gasteiger partial charge in [-0.25, -0.2) is 0 Å². The zero-order valence-corrected chi connectivity index (χ0v) is 8.90. The topological polar surface area (TPSA) is 59.5 Å². The molecule has 0 aliphatic heterocycles. The zero-order chi connectivity index (χ0) is 10.8. The van der Waals surface area contributed by atoms with Crippen molar-refractivity contribution in [3.63, 3.8) is 0 Å². The summed E-state index contributed by atoms with van der Waals surface area (Å²) < 4.78 is 5.32. The van der Waals surface area contributed by atoms with E-state index in [0.717, 1.165) is 12.8 Å². The molecule has 1 amide bonds. The van der Waals surface area contributed by atoms with E-state index in [2.05, 4.69) is 0 Å². The Morgan fingerprint density at radius 2 is 2.33 bits per heavy atom. The minimum absolute atomic E-state index is 0.0422. The molecule has 0 aromatic carbocycles. The Kier molecular flexibility index (Phi) is 2.77. The van der Waals surface area contributed by atoms with Crippen LogP contribution in [0.15, 0.2) is 16.5 Å². The largest absolute Gasteiger partial charge is 0.455 e. The molecule has 1 aliphatic rings. The first-order chi connectivity index (χ1) is 7.22. The van der Waals surface area contributed by atoms with Gasteiger partial charge in [-0.1, -0.05) is 0 Å². The number of rotatable bonds is 3. The molecule has 1 saturated carbocycles. The number of furan rings is 1. The summed E-state index contributed by atoms with van der Waals surface area (Å²) in [6.07, 6.45) is 3.42. The van der Waals surface area contributed by atoms with Crippen molar-refractivity contribution in [1.29, 1.82) is 0 Å². The Balaban J connectivity index is 2.05. The van der Waals surface area contributed by atoms with Gasteiger partial charge in [0, 0.05) is 13.1 Å². The molecule has 1 fully saturated rings. The normalized spacial score (nSPS) is 16.1. The standard InChI is InChI=1S/C11H16N2O2/c1-13(8-3-2-4-8)11(14)10-6-5-9(7-12)15-10/h5-6,8H,2-4,7,12H2,1H3. The molecule has 1 aliphatic carbocycles. The van der Waals surface area contributed by atoms with Gasteiger partial charge in [-0.05, 0) is 31.4 Å². The first-order valence-electron chi connectivity index (χ1n) is 5.28. The summed E-state index contributed by atoms with van der Waals surface area (Å²) in [6.45, 7) is 0.334. The second kappa shape index (κ2) is 4.06. The van der Waals surface area contributed by atoms with Crippen molar-refractivity contribution >= 4 is 5.91 Å². The third-order valence-corrected chi connectivity index (χ3v) is 3.02. The van der Waals surface area contributed by atoms with Crippen molar-refractivity contribution in [2.24, 2.45) is 5.73 Å². The highest BCUT2D eigenvalue weighted by Crippen LogP contribution is 2.25. The van der Waals surface area contributed by atoms with E-state index in [9.17, 15) is 4.79 Å². The summed E-state index contributed by atoms with van der Waals surface area (Å²) in [5.74, 6) is 1.00. The first kappa shape index (κ1) is 10.2. The van der Waals surface area contributed by atoms with Gasteiger partial charge in [0.2, 0.25) is 0 Å². The lowest BCUT2D eigenvalue weighted by Gasteiger charge is -2.34. The van der Waals surface area contributed by atoms with Gasteiger partial charge in [0.05, 0.1) is 6.54 Å². The molecule has 4 heteroatoms. The van der Waals surface area contributed by atoms with Crippen molar-refractivity contribution in [2.45, 2.75) is 31.8 Å². The Labute approximate surface area is 89.0 Å². The number of amides is 1. The maximum Gasteiger partial charge on any atom is 0.289 e. The second-order valence-electron chi connectivity index (χ2n) is 3.97. The van der Waals surface area contributed by atoms with E-state index < -0.39 is 0 Å². The Hall–Kier alpha value is -1.29. The molecule has 1 aromatic rings. The van der Waals surface area contributed by atoms with E-state index >= 15 is 0 Å². The number of hydrogen-bond donors (Lipinski definition) is 1. The average Bonchev–Trinajstić information content (AvgIpc) is 2.61. The predicted octanol–water partition coefficient (Wildman–Crippen LogP) is 1.36. The molecule has 2 rings (SSSR count). The minimum atomic E-state index is -0.0422. The van der Waals surface area contributed by atoms with Crippen molar-refractivity contribution < 1.29 is 9.21 Å². The van der Waals surface area contributed by atoms with Crippen molar-refractivity contribution in [3.05, 3.63) is 23.7 Å². The van der Waals surface area contributed by atoms with Gasteiger partial charge in [0.1, 0.15) is 5.76 Å². The number of nitrogens with zero attached hydrogens (tertiary/aromatic N) is 1. The van der Waals surface area contributed by atoms with Crippen LogP contribution in [0.1, 0.15) is 35.6 Å². The minimum Gasteiger partial charge on any atom is -0.455 e. The number of carbonyl (C=O) groups is 1. The summed E-state index contributed by atoms with van der Waals surface area (Å²) in [6, 6.07) is 3.84. The van der Waals surface area contributed by atoms with Gasteiger partial charge in [0.15, 0.2) is 5.76 Å². The van der Waals surface area contributed by atoms with Crippen LogP contribution in [0.2, 0.25) is 0 Å². The van der Waals surface area contributed by atoms with Crippen LogP contribution in [0.4, 0.5) is 0 Å². The summed E-state index contributed by atoms with van der Waals surface area (Å²) in [4.78, 5) is 13.7. The van der Waals surface area contributed by atoms with E-state index in [-0.39, 0.29) is 5.91 Å². The van der Waals surface area contributed by atoms with E-state index in [1.54, 1.807) is 17.0 Å². The lowest BCUT2D eigenvalue weighted by atomic mass is 9.92. The van der Waals surface area contributed by atoms with Crippen LogP contribution in [0.3, 0.4) is 0 Å². The molecular formula is C11H16N2O2. The number of hydrogen-bond acceptors (Lipinski definition) is 3. The third kappa shape index (κ3) is 1.90. The van der Waals surface area contributed by atoms with Crippen LogP contribution in [-0.4, -0.2) is 23.9 Å². The molecule has 4 nitrogen and oxygen atoms in total. The number of carbonyl (C=O) groups excluding carboxylic acids is 1. The van der Waals surface area contributed by atoms with E-state index in [1.165, 1.54) is 6.42 Å². The van der Waals surface area contributed by atoms with Gasteiger partial charge in [-0.15, -0.1) is 0 Å². The fourth-order valence-corrected chi connectivity index (χ4v) is 1.72. The molecule has 15 heavy (non-hydrogen) atoms. The van der Waals surface area contributed by atoms with E-state index in [1.807, 2.05) is 7.05 Å². The van der Waals surface area contributed by atoms with Crippen LogP contribution in [0, 0.1) is 0 Å². The fraction of sp³-hybridized carbons (Fsp3) is 0.545. The predicted molar refractivity (Wildman–Crippen MR) is 56.3 cm³/mol. The maximum absolute atomic E-state index is 11.9. The Morgan fingerprint density at radius 3 is 2.80 bits per heavy atom. The smallest absolute Gasteiger partial charge is 0.289 e. The molecule has 0 radical (unpaired) electrons. The highest BCUT2D eigenvalue weighted by molar-refractivity contribution is 5.91. The summed E-state index contributed by atoms with van der Waals surface area (Å²) in [7, 11) is 1.83. The molecule has 0 bridgehead atoms. The van der Waals surface area contributed by atoms with Crippen LogP contribution in [-0.2, 0) is 6.54 Å². The van der Waals surface area contributed by atoms with Gasteiger partial charge >= 0.3 is 0 Å².